The number of thioether (sulfide) groups is 1. The number of hydrogen-bond donors (Lipinski definition) is 1. The average molecular weight is 423 g/mol. The maximum atomic E-state index is 12.6. The number of benzene rings is 1. The number of morpholine rings is 1. The highest BCUT2D eigenvalue weighted by atomic mass is 32.2. The molecule has 0 bridgehead atoms. The molecule has 0 saturated carbocycles. The van der Waals surface area contributed by atoms with Crippen molar-refractivity contribution in [3.8, 4) is 0 Å². The summed E-state index contributed by atoms with van der Waals surface area (Å²) in [5.74, 6) is 0.452. The molecule has 8 nitrogen and oxygen atoms in total. The molecule has 1 amide bonds. The Bertz CT molecular complexity index is 913. The van der Waals surface area contributed by atoms with Gasteiger partial charge in [0.05, 0.1) is 23.1 Å². The van der Waals surface area contributed by atoms with Gasteiger partial charge in [0.25, 0.3) is 0 Å². The third kappa shape index (κ3) is 5.51. The fraction of sp³-hybridized carbons (Fsp3) is 0.389. The van der Waals surface area contributed by atoms with Gasteiger partial charge in [0.2, 0.25) is 15.9 Å². The van der Waals surface area contributed by atoms with Gasteiger partial charge in [-0.25, -0.2) is 18.4 Å². The van der Waals surface area contributed by atoms with E-state index in [1.54, 1.807) is 12.1 Å². The minimum Gasteiger partial charge on any atom is -0.379 e. The van der Waals surface area contributed by atoms with Crippen LogP contribution in [0.25, 0.3) is 0 Å². The molecule has 1 aliphatic heterocycles. The summed E-state index contributed by atoms with van der Waals surface area (Å²) in [5.41, 5.74) is 1.45. The Labute approximate surface area is 168 Å². The third-order valence-corrected chi connectivity index (χ3v) is 6.94. The first-order valence-electron chi connectivity index (χ1n) is 8.84. The summed E-state index contributed by atoms with van der Waals surface area (Å²) < 4.78 is 31.8. The van der Waals surface area contributed by atoms with Crippen molar-refractivity contribution in [1.29, 1.82) is 0 Å². The molecule has 28 heavy (non-hydrogen) atoms. The van der Waals surface area contributed by atoms with Gasteiger partial charge in [-0.2, -0.15) is 4.31 Å². The number of aryl methyl sites for hydroxylation is 1. The summed E-state index contributed by atoms with van der Waals surface area (Å²) >= 11 is 1.49. The minimum absolute atomic E-state index is 0.137. The number of carbonyl (C=O) groups is 1. The summed E-state index contributed by atoms with van der Waals surface area (Å²) in [5, 5.41) is 3.62. The largest absolute Gasteiger partial charge is 0.379 e. The van der Waals surface area contributed by atoms with Crippen LogP contribution in [0.4, 0.5) is 5.69 Å². The molecule has 0 aliphatic carbocycles. The number of ether oxygens (including phenoxy) is 1. The van der Waals surface area contributed by atoms with Crippen molar-refractivity contribution >= 4 is 33.4 Å². The molecule has 150 valence electrons. The lowest BCUT2D eigenvalue weighted by molar-refractivity contribution is -0.115. The van der Waals surface area contributed by atoms with Crippen molar-refractivity contribution in [2.75, 3.05) is 37.4 Å². The Morgan fingerprint density at radius 2 is 1.93 bits per heavy atom. The molecule has 3 rings (SSSR count). The highest BCUT2D eigenvalue weighted by Crippen LogP contribution is 2.20. The van der Waals surface area contributed by atoms with Crippen molar-refractivity contribution in [2.24, 2.45) is 0 Å². The number of nitrogens with one attached hydrogen (secondary N) is 1. The van der Waals surface area contributed by atoms with Crippen molar-refractivity contribution in [3.05, 3.63) is 42.4 Å². The first kappa shape index (κ1) is 20.7. The van der Waals surface area contributed by atoms with Crippen LogP contribution in [0.1, 0.15) is 12.1 Å². The molecule has 1 aromatic heterocycles. The van der Waals surface area contributed by atoms with E-state index in [2.05, 4.69) is 15.3 Å². The molecule has 1 aromatic carbocycles. The molecule has 2 heterocycles. The predicted molar refractivity (Wildman–Crippen MR) is 107 cm³/mol. The number of nitrogens with zero attached hydrogens (tertiary/aromatic N) is 3. The van der Waals surface area contributed by atoms with Gasteiger partial charge in [0, 0.05) is 36.6 Å². The van der Waals surface area contributed by atoms with Crippen LogP contribution in [0.3, 0.4) is 0 Å². The highest BCUT2D eigenvalue weighted by Gasteiger charge is 2.26. The van der Waals surface area contributed by atoms with E-state index in [0.717, 1.165) is 10.7 Å². The number of hydrogen-bond acceptors (Lipinski definition) is 7. The topological polar surface area (TPSA) is 101 Å². The molecule has 1 aliphatic rings. The molecule has 10 heteroatoms. The first-order chi connectivity index (χ1) is 13.4. The maximum absolute atomic E-state index is 12.6. The molecule has 1 saturated heterocycles. The van der Waals surface area contributed by atoms with Gasteiger partial charge in [-0.3, -0.25) is 4.79 Å². The Morgan fingerprint density at radius 1 is 1.21 bits per heavy atom. The monoisotopic (exact) mass is 422 g/mol. The Kier molecular flexibility index (Phi) is 7.00. The van der Waals surface area contributed by atoms with Gasteiger partial charge < -0.3 is 10.1 Å². The van der Waals surface area contributed by atoms with Crippen LogP contribution in [0, 0.1) is 6.92 Å². The highest BCUT2D eigenvalue weighted by molar-refractivity contribution is 7.99. The van der Waals surface area contributed by atoms with Gasteiger partial charge >= 0.3 is 0 Å². The molecule has 0 atom stereocenters. The van der Waals surface area contributed by atoms with E-state index in [1.165, 1.54) is 34.5 Å². The van der Waals surface area contributed by atoms with Crippen LogP contribution in [0.15, 0.2) is 46.6 Å². The lowest BCUT2D eigenvalue weighted by Crippen LogP contribution is -2.40. The number of anilines is 1. The third-order valence-electron chi connectivity index (χ3n) is 4.10. The molecule has 2 aromatic rings. The van der Waals surface area contributed by atoms with E-state index in [-0.39, 0.29) is 10.8 Å². The molecular formula is C18H22N4O4S2. The SMILES string of the molecule is Cc1cc(SCCC(=O)Nc2ccc(S(=O)(=O)N3CCOCC3)cc2)ncn1. The van der Waals surface area contributed by atoms with Crippen molar-refractivity contribution in [1.82, 2.24) is 14.3 Å². The summed E-state index contributed by atoms with van der Waals surface area (Å²) in [7, 11) is -3.53. The van der Waals surface area contributed by atoms with E-state index in [1.807, 2.05) is 13.0 Å². The fourth-order valence-electron chi connectivity index (χ4n) is 2.63. The summed E-state index contributed by atoms with van der Waals surface area (Å²) in [4.78, 5) is 20.5. The predicted octanol–water partition coefficient (Wildman–Crippen LogP) is 1.93. The summed E-state index contributed by atoms with van der Waals surface area (Å²) in [6, 6.07) is 8.10. The van der Waals surface area contributed by atoms with Gasteiger partial charge in [-0.1, -0.05) is 0 Å². The Balaban J connectivity index is 1.51. The number of amides is 1. The fourth-order valence-corrected chi connectivity index (χ4v) is 4.91. The summed E-state index contributed by atoms with van der Waals surface area (Å²) in [6.45, 7) is 3.40. The van der Waals surface area contributed by atoms with Gasteiger partial charge in [0.15, 0.2) is 0 Å². The van der Waals surface area contributed by atoms with Crippen LogP contribution < -0.4 is 5.32 Å². The maximum Gasteiger partial charge on any atom is 0.243 e. The van der Waals surface area contributed by atoms with Crippen LogP contribution in [0.5, 0.6) is 0 Å². The average Bonchev–Trinajstić information content (AvgIpc) is 2.69. The lowest BCUT2D eigenvalue weighted by Gasteiger charge is -2.26. The first-order valence-corrected chi connectivity index (χ1v) is 11.3. The molecule has 0 spiro atoms. The van der Waals surface area contributed by atoms with Crippen molar-refractivity contribution in [3.63, 3.8) is 0 Å². The molecule has 1 N–H and O–H groups in total. The summed E-state index contributed by atoms with van der Waals surface area (Å²) in [6.07, 6.45) is 1.83. The van der Waals surface area contributed by atoms with Crippen LogP contribution in [-0.4, -0.2) is 60.7 Å². The van der Waals surface area contributed by atoms with E-state index in [4.69, 9.17) is 4.74 Å². The normalized spacial score (nSPS) is 15.3. The zero-order valence-electron chi connectivity index (χ0n) is 15.5. The van der Waals surface area contributed by atoms with Crippen LogP contribution in [0.2, 0.25) is 0 Å². The zero-order chi connectivity index (χ0) is 20.0. The number of rotatable bonds is 7. The number of aromatic nitrogens is 2. The molecule has 0 radical (unpaired) electrons. The van der Waals surface area contributed by atoms with Gasteiger partial charge in [-0.15, -0.1) is 11.8 Å². The molecule has 0 unspecified atom stereocenters. The van der Waals surface area contributed by atoms with E-state index in [9.17, 15) is 13.2 Å². The van der Waals surface area contributed by atoms with E-state index < -0.39 is 10.0 Å². The quantitative estimate of drug-likeness (QED) is 0.537. The van der Waals surface area contributed by atoms with Gasteiger partial charge in [0.1, 0.15) is 6.33 Å². The minimum atomic E-state index is -3.53. The Morgan fingerprint density at radius 3 is 2.61 bits per heavy atom. The van der Waals surface area contributed by atoms with E-state index >= 15 is 0 Å². The smallest absolute Gasteiger partial charge is 0.243 e. The second-order valence-electron chi connectivity index (χ2n) is 6.19. The molecule has 1 fully saturated rings. The Hall–Kier alpha value is -2.01. The van der Waals surface area contributed by atoms with Gasteiger partial charge in [-0.05, 0) is 37.3 Å². The zero-order valence-corrected chi connectivity index (χ0v) is 17.1. The van der Waals surface area contributed by atoms with Crippen molar-refractivity contribution in [2.45, 2.75) is 23.3 Å². The second kappa shape index (κ2) is 9.46. The lowest BCUT2D eigenvalue weighted by atomic mass is 10.3. The second-order valence-corrected chi connectivity index (χ2v) is 9.24. The standard InChI is InChI=1S/C18H22N4O4S2/c1-14-12-18(20-13-19-14)27-11-6-17(23)21-15-2-4-16(5-3-15)28(24,25)22-7-9-26-10-8-22/h2-5,12-13H,6-11H2,1H3,(H,21,23). The van der Waals surface area contributed by atoms with E-state index in [0.29, 0.717) is 44.2 Å². The van der Waals surface area contributed by atoms with Crippen molar-refractivity contribution < 1.29 is 17.9 Å². The molecular weight excluding hydrogens is 400 g/mol. The number of carbonyl (C=O) groups excluding carboxylic acids is 1. The van der Waals surface area contributed by atoms with Crippen LogP contribution >= 0.6 is 11.8 Å². The van der Waals surface area contributed by atoms with Crippen LogP contribution in [-0.2, 0) is 19.6 Å². The number of sulfonamides is 1.